The summed E-state index contributed by atoms with van der Waals surface area (Å²) in [5.74, 6) is 0.0542. The molecule has 3 rings (SSSR count). The zero-order chi connectivity index (χ0) is 13.4. The minimum atomic E-state index is 0.0542. The number of anilines is 1. The molecule has 0 fully saturated rings. The van der Waals surface area contributed by atoms with E-state index in [9.17, 15) is 4.79 Å². The van der Waals surface area contributed by atoms with E-state index < -0.39 is 0 Å². The summed E-state index contributed by atoms with van der Waals surface area (Å²) in [6, 6.07) is 7.49. The maximum atomic E-state index is 12.4. The van der Waals surface area contributed by atoms with Crippen molar-refractivity contribution in [2.75, 3.05) is 18.8 Å². The minimum Gasteiger partial charge on any atom is -0.399 e. The lowest BCUT2D eigenvalue weighted by Gasteiger charge is -2.24. The molecule has 0 aliphatic carbocycles. The Labute approximate surface area is 111 Å². The van der Waals surface area contributed by atoms with Crippen LogP contribution in [0.25, 0.3) is 10.9 Å². The lowest BCUT2D eigenvalue weighted by molar-refractivity contribution is 0.0764. The summed E-state index contributed by atoms with van der Waals surface area (Å²) in [5, 5.41) is 0.979. The van der Waals surface area contributed by atoms with Crippen LogP contribution in [0, 0.1) is 0 Å². The Kier molecular flexibility index (Phi) is 2.78. The fourth-order valence-electron chi connectivity index (χ4n) is 2.39. The van der Waals surface area contributed by atoms with E-state index in [1.165, 1.54) is 5.57 Å². The molecule has 4 nitrogen and oxygen atoms in total. The zero-order valence-electron chi connectivity index (χ0n) is 10.9. The van der Waals surface area contributed by atoms with E-state index in [1.54, 1.807) is 0 Å². The number of aromatic amines is 1. The van der Waals surface area contributed by atoms with Crippen LogP contribution in [0.15, 0.2) is 35.9 Å². The second kappa shape index (κ2) is 4.46. The first kappa shape index (κ1) is 11.8. The van der Waals surface area contributed by atoms with Gasteiger partial charge in [-0.3, -0.25) is 4.79 Å². The summed E-state index contributed by atoms with van der Waals surface area (Å²) in [7, 11) is 0. The SMILES string of the molecule is CC1=CCN(C(=O)c2cc3cc(N)ccc3[nH]2)CC1. The molecule has 19 heavy (non-hydrogen) atoms. The molecule has 0 unspecified atom stereocenters. The Morgan fingerprint density at radius 1 is 1.37 bits per heavy atom. The summed E-state index contributed by atoms with van der Waals surface area (Å²) in [4.78, 5) is 17.4. The maximum Gasteiger partial charge on any atom is 0.270 e. The predicted molar refractivity (Wildman–Crippen MR) is 77.0 cm³/mol. The Hall–Kier alpha value is -2.23. The van der Waals surface area contributed by atoms with Gasteiger partial charge in [0.2, 0.25) is 0 Å². The molecule has 4 heteroatoms. The number of amides is 1. The van der Waals surface area contributed by atoms with Gasteiger partial charge in [-0.1, -0.05) is 11.6 Å². The lowest BCUT2D eigenvalue weighted by Crippen LogP contribution is -2.34. The molecule has 98 valence electrons. The van der Waals surface area contributed by atoms with Gasteiger partial charge in [0.05, 0.1) is 0 Å². The molecule has 0 saturated heterocycles. The number of rotatable bonds is 1. The van der Waals surface area contributed by atoms with Crippen molar-refractivity contribution in [3.8, 4) is 0 Å². The maximum absolute atomic E-state index is 12.4. The molecule has 0 spiro atoms. The van der Waals surface area contributed by atoms with Crippen molar-refractivity contribution < 1.29 is 4.79 Å². The third kappa shape index (κ3) is 2.21. The van der Waals surface area contributed by atoms with Gasteiger partial charge in [0.25, 0.3) is 5.91 Å². The fraction of sp³-hybridized carbons (Fsp3) is 0.267. The van der Waals surface area contributed by atoms with Crippen molar-refractivity contribution in [1.29, 1.82) is 0 Å². The van der Waals surface area contributed by atoms with Crippen LogP contribution in [0.5, 0.6) is 0 Å². The van der Waals surface area contributed by atoms with Crippen LogP contribution in [0.3, 0.4) is 0 Å². The van der Waals surface area contributed by atoms with Crippen molar-refractivity contribution in [3.63, 3.8) is 0 Å². The molecule has 1 aliphatic rings. The van der Waals surface area contributed by atoms with Gasteiger partial charge in [0, 0.05) is 29.7 Å². The van der Waals surface area contributed by atoms with E-state index in [4.69, 9.17) is 5.73 Å². The number of nitrogens with one attached hydrogen (secondary N) is 1. The van der Waals surface area contributed by atoms with Gasteiger partial charge in [0.15, 0.2) is 0 Å². The summed E-state index contributed by atoms with van der Waals surface area (Å²) >= 11 is 0. The summed E-state index contributed by atoms with van der Waals surface area (Å²) in [5.41, 5.74) is 9.39. The number of carbonyl (C=O) groups is 1. The monoisotopic (exact) mass is 255 g/mol. The normalized spacial score (nSPS) is 15.6. The summed E-state index contributed by atoms with van der Waals surface area (Å²) < 4.78 is 0. The van der Waals surface area contributed by atoms with Crippen molar-refractivity contribution in [2.24, 2.45) is 0 Å². The highest BCUT2D eigenvalue weighted by molar-refractivity contribution is 5.98. The smallest absolute Gasteiger partial charge is 0.270 e. The first-order chi connectivity index (χ1) is 9.13. The first-order valence-corrected chi connectivity index (χ1v) is 6.46. The molecular weight excluding hydrogens is 238 g/mol. The standard InChI is InChI=1S/C15H17N3O/c1-10-4-6-18(7-5-10)15(19)14-9-11-8-12(16)2-3-13(11)17-14/h2-4,8-9,17H,5-7,16H2,1H3. The van der Waals surface area contributed by atoms with Crippen molar-refractivity contribution in [3.05, 3.63) is 41.6 Å². The molecule has 1 aromatic carbocycles. The number of nitrogens with zero attached hydrogens (tertiary/aromatic N) is 1. The molecule has 1 aliphatic heterocycles. The van der Waals surface area contributed by atoms with Gasteiger partial charge in [-0.15, -0.1) is 0 Å². The number of H-pyrrole nitrogens is 1. The van der Waals surface area contributed by atoms with Crippen LogP contribution in [0.1, 0.15) is 23.8 Å². The van der Waals surface area contributed by atoms with Crippen LogP contribution < -0.4 is 5.73 Å². The molecule has 2 heterocycles. The van der Waals surface area contributed by atoms with Gasteiger partial charge < -0.3 is 15.6 Å². The van der Waals surface area contributed by atoms with Gasteiger partial charge in [-0.25, -0.2) is 0 Å². The van der Waals surface area contributed by atoms with Gasteiger partial charge in [0.1, 0.15) is 5.69 Å². The van der Waals surface area contributed by atoms with Gasteiger partial charge in [-0.05, 0) is 37.6 Å². The number of hydrogen-bond acceptors (Lipinski definition) is 2. The molecule has 0 bridgehead atoms. The molecule has 0 radical (unpaired) electrons. The van der Waals surface area contributed by atoms with E-state index in [1.807, 2.05) is 29.2 Å². The second-order valence-corrected chi connectivity index (χ2v) is 5.08. The van der Waals surface area contributed by atoms with E-state index in [0.717, 1.165) is 23.9 Å². The highest BCUT2D eigenvalue weighted by Crippen LogP contribution is 2.20. The van der Waals surface area contributed by atoms with Crippen molar-refractivity contribution in [1.82, 2.24) is 9.88 Å². The Morgan fingerprint density at radius 2 is 2.21 bits per heavy atom. The highest BCUT2D eigenvalue weighted by atomic mass is 16.2. The number of aromatic nitrogens is 1. The Bertz CT molecular complexity index is 669. The number of carbonyl (C=O) groups excluding carboxylic acids is 1. The van der Waals surface area contributed by atoms with Crippen LogP contribution in [-0.2, 0) is 0 Å². The van der Waals surface area contributed by atoms with E-state index in [0.29, 0.717) is 17.9 Å². The number of nitrogen functional groups attached to an aromatic ring is 1. The number of nitrogens with two attached hydrogens (primary N) is 1. The van der Waals surface area contributed by atoms with Gasteiger partial charge in [-0.2, -0.15) is 0 Å². The average molecular weight is 255 g/mol. The highest BCUT2D eigenvalue weighted by Gasteiger charge is 2.19. The second-order valence-electron chi connectivity index (χ2n) is 5.08. The number of benzene rings is 1. The fourth-order valence-corrected chi connectivity index (χ4v) is 2.39. The van der Waals surface area contributed by atoms with E-state index in [-0.39, 0.29) is 5.91 Å². The molecule has 2 aromatic rings. The molecule has 1 amide bonds. The lowest BCUT2D eigenvalue weighted by atomic mass is 10.1. The van der Waals surface area contributed by atoms with Crippen LogP contribution in [-0.4, -0.2) is 28.9 Å². The molecule has 3 N–H and O–H groups in total. The molecular formula is C15H17N3O. The van der Waals surface area contributed by atoms with Crippen LogP contribution in [0.2, 0.25) is 0 Å². The molecule has 1 aromatic heterocycles. The van der Waals surface area contributed by atoms with Crippen LogP contribution >= 0.6 is 0 Å². The summed E-state index contributed by atoms with van der Waals surface area (Å²) in [6.07, 6.45) is 3.07. The average Bonchev–Trinajstić information content (AvgIpc) is 2.81. The topological polar surface area (TPSA) is 62.1 Å². The molecule has 0 saturated carbocycles. The van der Waals surface area contributed by atoms with Crippen molar-refractivity contribution >= 4 is 22.5 Å². The van der Waals surface area contributed by atoms with Crippen LogP contribution in [0.4, 0.5) is 5.69 Å². The predicted octanol–water partition coefficient (Wildman–Crippen LogP) is 2.54. The number of hydrogen-bond donors (Lipinski definition) is 2. The Morgan fingerprint density at radius 3 is 2.95 bits per heavy atom. The number of fused-ring (bicyclic) bond motifs is 1. The third-order valence-corrected chi connectivity index (χ3v) is 3.60. The van der Waals surface area contributed by atoms with E-state index in [2.05, 4.69) is 18.0 Å². The molecule has 0 atom stereocenters. The minimum absolute atomic E-state index is 0.0542. The van der Waals surface area contributed by atoms with Crippen molar-refractivity contribution in [2.45, 2.75) is 13.3 Å². The Balaban J connectivity index is 1.89. The summed E-state index contributed by atoms with van der Waals surface area (Å²) in [6.45, 7) is 3.59. The van der Waals surface area contributed by atoms with Gasteiger partial charge >= 0.3 is 0 Å². The quantitative estimate of drug-likeness (QED) is 0.607. The van der Waals surface area contributed by atoms with E-state index >= 15 is 0 Å². The first-order valence-electron chi connectivity index (χ1n) is 6.46. The third-order valence-electron chi connectivity index (χ3n) is 3.60. The largest absolute Gasteiger partial charge is 0.399 e. The zero-order valence-corrected chi connectivity index (χ0v) is 10.9.